The number of H-pyrrole nitrogens is 1. The predicted octanol–water partition coefficient (Wildman–Crippen LogP) is 3.27. The second kappa shape index (κ2) is 4.33. The van der Waals surface area contributed by atoms with E-state index in [1.54, 1.807) is 18.2 Å². The molecule has 7 heteroatoms. The van der Waals surface area contributed by atoms with E-state index < -0.39 is 5.51 Å². The molecule has 1 heterocycles. The van der Waals surface area contributed by atoms with Gasteiger partial charge >= 0.3 is 5.51 Å². The summed E-state index contributed by atoms with van der Waals surface area (Å²) in [5.74, 6) is 0.312. The molecule has 0 bridgehead atoms. The fourth-order valence-corrected chi connectivity index (χ4v) is 2.05. The van der Waals surface area contributed by atoms with Crippen LogP contribution < -0.4 is 5.73 Å². The van der Waals surface area contributed by atoms with Gasteiger partial charge in [0.15, 0.2) is 0 Å². The monoisotopic (exact) mass is 259 g/mol. The van der Waals surface area contributed by atoms with E-state index in [-0.39, 0.29) is 16.7 Å². The Morgan fingerprint density at radius 3 is 2.53 bits per heavy atom. The lowest BCUT2D eigenvalue weighted by Gasteiger charge is -2.08. The molecule has 0 aliphatic rings. The van der Waals surface area contributed by atoms with Crippen LogP contribution in [0.15, 0.2) is 35.2 Å². The summed E-state index contributed by atoms with van der Waals surface area (Å²) in [6.45, 7) is 0. The van der Waals surface area contributed by atoms with Crippen LogP contribution in [0.25, 0.3) is 11.3 Å². The summed E-state index contributed by atoms with van der Waals surface area (Å²) < 4.78 is 37.1. The van der Waals surface area contributed by atoms with Crippen molar-refractivity contribution in [2.24, 2.45) is 0 Å². The van der Waals surface area contributed by atoms with Crippen molar-refractivity contribution < 1.29 is 13.2 Å². The Bertz CT molecular complexity index is 522. The van der Waals surface area contributed by atoms with Gasteiger partial charge in [-0.05, 0) is 17.8 Å². The Morgan fingerprint density at radius 2 is 1.94 bits per heavy atom. The number of nitrogens with one attached hydrogen (secondary N) is 1. The maximum Gasteiger partial charge on any atom is 0.446 e. The van der Waals surface area contributed by atoms with Gasteiger partial charge in [-0.3, -0.25) is 5.10 Å². The normalized spacial score (nSPS) is 11.7. The average Bonchev–Trinajstić information content (AvgIpc) is 2.63. The number of anilines is 1. The van der Waals surface area contributed by atoms with Crippen LogP contribution in [0.5, 0.6) is 0 Å². The standard InChI is InChI=1S/C10H8F3N3S/c11-10(12,13)17-8-4-2-1-3-6(8)7-5-9(14)16-15-7/h1-5H,(H3,14,15,16). The van der Waals surface area contributed by atoms with Crippen LogP contribution >= 0.6 is 11.8 Å². The molecular formula is C10H8F3N3S. The summed E-state index contributed by atoms with van der Waals surface area (Å²) in [6, 6.07) is 7.67. The number of nitrogens with zero attached hydrogens (tertiary/aromatic N) is 1. The van der Waals surface area contributed by atoms with E-state index in [2.05, 4.69) is 10.2 Å². The Morgan fingerprint density at radius 1 is 1.24 bits per heavy atom. The smallest absolute Gasteiger partial charge is 0.384 e. The third kappa shape index (κ3) is 2.94. The van der Waals surface area contributed by atoms with Crippen LogP contribution in [0, 0.1) is 0 Å². The lowest BCUT2D eigenvalue weighted by molar-refractivity contribution is -0.0327. The molecule has 0 aliphatic heterocycles. The number of nitrogens with two attached hydrogens (primary N) is 1. The van der Waals surface area contributed by atoms with Crippen LogP contribution in [-0.2, 0) is 0 Å². The number of hydrogen-bond donors (Lipinski definition) is 2. The zero-order chi connectivity index (χ0) is 12.5. The van der Waals surface area contributed by atoms with Crippen molar-refractivity contribution in [2.45, 2.75) is 10.4 Å². The number of nitrogen functional groups attached to an aromatic ring is 1. The van der Waals surface area contributed by atoms with Crippen molar-refractivity contribution in [3.05, 3.63) is 30.3 Å². The second-order valence-electron chi connectivity index (χ2n) is 3.25. The molecule has 90 valence electrons. The van der Waals surface area contributed by atoms with Gasteiger partial charge in [0, 0.05) is 16.5 Å². The predicted molar refractivity (Wildman–Crippen MR) is 60.3 cm³/mol. The lowest BCUT2D eigenvalue weighted by atomic mass is 10.1. The fraction of sp³-hybridized carbons (Fsp3) is 0.100. The van der Waals surface area contributed by atoms with E-state index in [1.165, 1.54) is 12.1 Å². The van der Waals surface area contributed by atoms with Gasteiger partial charge in [0.2, 0.25) is 0 Å². The van der Waals surface area contributed by atoms with Crippen LogP contribution in [0.2, 0.25) is 0 Å². The topological polar surface area (TPSA) is 54.7 Å². The molecule has 2 rings (SSSR count). The van der Waals surface area contributed by atoms with Crippen LogP contribution in [-0.4, -0.2) is 15.7 Å². The first kappa shape index (κ1) is 11.8. The third-order valence-corrected chi connectivity index (χ3v) is 2.79. The Kier molecular flexibility index (Phi) is 3.01. The highest BCUT2D eigenvalue weighted by Gasteiger charge is 2.30. The minimum Gasteiger partial charge on any atom is -0.384 e. The molecule has 2 aromatic rings. The maximum absolute atomic E-state index is 12.4. The van der Waals surface area contributed by atoms with Crippen LogP contribution in [0.1, 0.15) is 0 Å². The molecule has 0 amide bonds. The van der Waals surface area contributed by atoms with Crippen molar-refractivity contribution in [1.29, 1.82) is 0 Å². The molecule has 0 radical (unpaired) electrons. The van der Waals surface area contributed by atoms with Crippen LogP contribution in [0.4, 0.5) is 19.0 Å². The Hall–Kier alpha value is -1.63. The molecular weight excluding hydrogens is 251 g/mol. The van der Waals surface area contributed by atoms with E-state index >= 15 is 0 Å². The van der Waals surface area contributed by atoms with Crippen molar-refractivity contribution in [3.63, 3.8) is 0 Å². The zero-order valence-electron chi connectivity index (χ0n) is 8.45. The van der Waals surface area contributed by atoms with E-state index in [9.17, 15) is 13.2 Å². The van der Waals surface area contributed by atoms with Crippen molar-refractivity contribution in [3.8, 4) is 11.3 Å². The molecule has 0 aliphatic carbocycles. The van der Waals surface area contributed by atoms with Crippen molar-refractivity contribution in [2.75, 3.05) is 5.73 Å². The summed E-state index contributed by atoms with van der Waals surface area (Å²) >= 11 is -0.163. The minimum atomic E-state index is -4.32. The van der Waals surface area contributed by atoms with Gasteiger partial charge in [-0.15, -0.1) is 0 Å². The summed E-state index contributed by atoms with van der Waals surface area (Å²) in [5.41, 5.74) is 1.93. The largest absolute Gasteiger partial charge is 0.446 e. The molecule has 17 heavy (non-hydrogen) atoms. The molecule has 0 atom stereocenters. The van der Waals surface area contributed by atoms with Crippen molar-refractivity contribution >= 4 is 17.6 Å². The molecule has 3 N–H and O–H groups in total. The number of halogens is 3. The van der Waals surface area contributed by atoms with Crippen LogP contribution in [0.3, 0.4) is 0 Å². The number of aromatic nitrogens is 2. The molecule has 0 unspecified atom stereocenters. The minimum absolute atomic E-state index is 0.103. The first-order valence-electron chi connectivity index (χ1n) is 4.62. The van der Waals surface area contributed by atoms with Gasteiger partial charge in [-0.25, -0.2) is 0 Å². The number of alkyl halides is 3. The van der Waals surface area contributed by atoms with Gasteiger partial charge in [0.1, 0.15) is 5.82 Å². The molecule has 3 nitrogen and oxygen atoms in total. The van der Waals surface area contributed by atoms with Gasteiger partial charge < -0.3 is 5.73 Å². The van der Waals surface area contributed by atoms with E-state index in [1.807, 2.05) is 0 Å². The van der Waals surface area contributed by atoms with E-state index in [4.69, 9.17) is 5.73 Å². The number of aromatic amines is 1. The number of rotatable bonds is 2. The molecule has 1 aromatic carbocycles. The molecule has 1 aromatic heterocycles. The highest BCUT2D eigenvalue weighted by Crippen LogP contribution is 2.41. The highest BCUT2D eigenvalue weighted by atomic mass is 32.2. The zero-order valence-corrected chi connectivity index (χ0v) is 9.27. The Labute approximate surface area is 99.2 Å². The van der Waals surface area contributed by atoms with Crippen molar-refractivity contribution in [1.82, 2.24) is 10.2 Å². The molecule has 0 saturated heterocycles. The summed E-state index contributed by atoms with van der Waals surface area (Å²) in [6.07, 6.45) is 0. The number of benzene rings is 1. The van der Waals surface area contributed by atoms with Gasteiger partial charge in [0.25, 0.3) is 0 Å². The first-order valence-corrected chi connectivity index (χ1v) is 5.43. The van der Waals surface area contributed by atoms with Gasteiger partial charge in [-0.1, -0.05) is 18.2 Å². The summed E-state index contributed by atoms with van der Waals surface area (Å²) in [5, 5.41) is 6.34. The fourth-order valence-electron chi connectivity index (χ4n) is 1.37. The number of hydrogen-bond acceptors (Lipinski definition) is 3. The maximum atomic E-state index is 12.4. The highest BCUT2D eigenvalue weighted by molar-refractivity contribution is 8.00. The first-order chi connectivity index (χ1) is 7.96. The number of thioether (sulfide) groups is 1. The quantitative estimate of drug-likeness (QED) is 0.814. The Balaban J connectivity index is 2.41. The SMILES string of the molecule is Nc1cc(-c2ccccc2SC(F)(F)F)n[nH]1. The summed E-state index contributed by atoms with van der Waals surface area (Å²) in [4.78, 5) is 0.103. The van der Waals surface area contributed by atoms with E-state index in [0.717, 1.165) is 0 Å². The molecule has 0 spiro atoms. The molecule has 0 fully saturated rings. The summed E-state index contributed by atoms with van der Waals surface area (Å²) in [7, 11) is 0. The third-order valence-electron chi connectivity index (χ3n) is 1.99. The molecule has 0 saturated carbocycles. The van der Waals surface area contributed by atoms with Gasteiger partial charge in [-0.2, -0.15) is 18.3 Å². The van der Waals surface area contributed by atoms with Gasteiger partial charge in [0.05, 0.1) is 5.69 Å². The lowest BCUT2D eigenvalue weighted by Crippen LogP contribution is -1.99. The van der Waals surface area contributed by atoms with E-state index in [0.29, 0.717) is 17.1 Å². The average molecular weight is 259 g/mol. The second-order valence-corrected chi connectivity index (χ2v) is 4.36.